The van der Waals surface area contributed by atoms with E-state index in [2.05, 4.69) is 32.0 Å². The molecule has 0 atom stereocenters. The molecular weight excluding hydrogens is 318 g/mol. The van der Waals surface area contributed by atoms with Crippen molar-refractivity contribution >= 4 is 52.9 Å². The Hall–Kier alpha value is -0.801. The van der Waals surface area contributed by atoms with Gasteiger partial charge in [0.25, 0.3) is 0 Å². The zero-order chi connectivity index (χ0) is 10.9. The third-order valence-electron chi connectivity index (χ3n) is 1.54. The van der Waals surface area contributed by atoms with Gasteiger partial charge in [-0.1, -0.05) is 0 Å². The second-order valence-electron chi connectivity index (χ2n) is 2.45. The van der Waals surface area contributed by atoms with Crippen LogP contribution in [0.4, 0.5) is 0 Å². The van der Waals surface area contributed by atoms with Crippen molar-refractivity contribution in [2.24, 2.45) is 0 Å². The fourth-order valence-corrected chi connectivity index (χ4v) is 2.00. The Kier molecular flexibility index (Phi) is 3.34. The second kappa shape index (κ2) is 4.15. The van der Waals surface area contributed by atoms with E-state index in [-0.39, 0.29) is 11.1 Å². The van der Waals surface area contributed by atoms with Gasteiger partial charge in [-0.25, -0.2) is 0 Å². The Balaban J connectivity index is 3.38. The molecule has 0 aliphatic carbocycles. The molecule has 1 rings (SSSR count). The van der Waals surface area contributed by atoms with Gasteiger partial charge >= 0.3 is 95.9 Å². The number of aromatic carboxylic acids is 2. The van der Waals surface area contributed by atoms with E-state index in [1.807, 2.05) is 0 Å². The van der Waals surface area contributed by atoms with Crippen LogP contribution in [0.5, 0.6) is 0 Å². The van der Waals surface area contributed by atoms with Gasteiger partial charge < -0.3 is 0 Å². The van der Waals surface area contributed by atoms with Crippen molar-refractivity contribution < 1.29 is 19.8 Å². The van der Waals surface area contributed by atoms with E-state index in [9.17, 15) is 9.59 Å². The fourth-order valence-electron chi connectivity index (χ4n) is 0.894. The third-order valence-corrected chi connectivity index (χ3v) is 2.96. The van der Waals surface area contributed by atoms with E-state index in [1.54, 1.807) is 0 Å². The molecule has 1 aromatic rings. The Labute approximate surface area is 95.9 Å². The molecule has 0 heterocycles. The minimum atomic E-state index is -1.09. The van der Waals surface area contributed by atoms with Gasteiger partial charge in [0.1, 0.15) is 0 Å². The topological polar surface area (TPSA) is 74.6 Å². The Morgan fingerprint density at radius 2 is 1.21 bits per heavy atom. The molecule has 0 fully saturated rings. The van der Waals surface area contributed by atoms with E-state index < -0.39 is 11.9 Å². The summed E-state index contributed by atoms with van der Waals surface area (Å²) in [5.41, 5.74) is 0.118. The predicted molar refractivity (Wildman–Crippen MR) is 51.1 cm³/mol. The van der Waals surface area contributed by atoms with Gasteiger partial charge in [0.05, 0.1) is 0 Å². The van der Waals surface area contributed by atoms with Crippen LogP contribution in [-0.4, -0.2) is 54.2 Å². The number of carbonyl (C=O) groups is 2. The first-order chi connectivity index (χ1) is 6.43. The molecule has 6 heteroatoms. The first kappa shape index (κ1) is 11.3. The third kappa shape index (κ3) is 2.16. The van der Waals surface area contributed by atoms with Crippen molar-refractivity contribution in [3.8, 4) is 0 Å². The predicted octanol–water partition coefficient (Wildman–Crippen LogP) is -1.33. The summed E-state index contributed by atoms with van der Waals surface area (Å²) in [6.07, 6.45) is 0. The summed E-state index contributed by atoms with van der Waals surface area (Å²) in [5, 5.41) is 17.5. The molecule has 0 saturated heterocycles. The number of hydrogen-bond donors (Lipinski definition) is 2. The number of rotatable bonds is 2. The van der Waals surface area contributed by atoms with Crippen molar-refractivity contribution in [3.05, 3.63) is 23.3 Å². The van der Waals surface area contributed by atoms with Crippen molar-refractivity contribution in [1.29, 1.82) is 0 Å². The molecule has 0 amide bonds. The van der Waals surface area contributed by atoms with Crippen LogP contribution in [0.25, 0.3) is 0 Å². The summed E-state index contributed by atoms with van der Waals surface area (Å²) in [6, 6.07) is 2.58. The molecule has 0 aliphatic heterocycles. The summed E-state index contributed by atoms with van der Waals surface area (Å²) in [6.45, 7) is 0. The molecule has 0 saturated carbocycles. The van der Waals surface area contributed by atoms with Gasteiger partial charge in [0, 0.05) is 0 Å². The number of carboxylic acids is 2. The molecule has 72 valence electrons. The monoisotopic (exact) mass is 324 g/mol. The van der Waals surface area contributed by atoms with E-state index in [1.165, 1.54) is 12.1 Å². The SMILES string of the molecule is O=C(O)c1cc([Se])c(C(=O)O)cc1[Se]. The second-order valence-corrected chi connectivity index (χ2v) is 4.30. The molecule has 0 unspecified atom stereocenters. The normalized spacial score (nSPS) is 9.71. The first-order valence-electron chi connectivity index (χ1n) is 3.42. The molecule has 0 bridgehead atoms. The Bertz CT molecular complexity index is 374. The van der Waals surface area contributed by atoms with E-state index >= 15 is 0 Å². The van der Waals surface area contributed by atoms with Gasteiger partial charge in [-0.05, 0) is 0 Å². The van der Waals surface area contributed by atoms with Crippen molar-refractivity contribution in [1.82, 2.24) is 0 Å². The molecule has 2 N–H and O–H groups in total. The number of carboxylic acid groups (broad SMARTS) is 2. The summed E-state index contributed by atoms with van der Waals surface area (Å²) >= 11 is 5.03. The summed E-state index contributed by atoms with van der Waals surface area (Å²) in [4.78, 5) is 21.3. The van der Waals surface area contributed by atoms with Crippen LogP contribution in [0, 0.1) is 0 Å². The maximum atomic E-state index is 10.7. The zero-order valence-electron chi connectivity index (χ0n) is 6.68. The molecule has 1 aromatic carbocycles. The molecule has 14 heavy (non-hydrogen) atoms. The molecule has 4 nitrogen and oxygen atoms in total. The molecule has 0 spiro atoms. The van der Waals surface area contributed by atoms with Gasteiger partial charge in [-0.2, -0.15) is 0 Å². The quantitative estimate of drug-likeness (QED) is 0.662. The maximum absolute atomic E-state index is 10.7. The van der Waals surface area contributed by atoms with Crippen LogP contribution in [0.3, 0.4) is 0 Å². The summed E-state index contributed by atoms with van der Waals surface area (Å²) in [5.74, 6) is -2.18. The van der Waals surface area contributed by atoms with Crippen LogP contribution >= 0.6 is 0 Å². The Morgan fingerprint density at radius 3 is 1.43 bits per heavy atom. The summed E-state index contributed by atoms with van der Waals surface area (Å²) < 4.78 is 0.628. The zero-order valence-corrected chi connectivity index (χ0v) is 10.1. The van der Waals surface area contributed by atoms with Crippen LogP contribution in [0.1, 0.15) is 20.7 Å². The van der Waals surface area contributed by atoms with Gasteiger partial charge in [-0.15, -0.1) is 0 Å². The number of benzene rings is 1. The fraction of sp³-hybridized carbons (Fsp3) is 0. The van der Waals surface area contributed by atoms with Gasteiger partial charge in [0.15, 0.2) is 0 Å². The molecule has 0 aliphatic rings. The first-order valence-corrected chi connectivity index (χ1v) is 5.13. The molecule has 2 radical (unpaired) electrons. The Morgan fingerprint density at radius 1 is 0.929 bits per heavy atom. The standard InChI is InChI=1S/C8H4O4Se2/c9-7(10)3-1-5(13)4(8(11)12)2-6(3)14/h1-2H,(H,9,10)(H,11,12). The molecule has 0 aromatic heterocycles. The van der Waals surface area contributed by atoms with Crippen LogP contribution in [0.2, 0.25) is 0 Å². The number of hydrogen-bond acceptors (Lipinski definition) is 2. The summed E-state index contributed by atoms with van der Waals surface area (Å²) in [7, 11) is 0. The van der Waals surface area contributed by atoms with Crippen LogP contribution < -0.4 is 8.92 Å². The van der Waals surface area contributed by atoms with Crippen molar-refractivity contribution in [2.45, 2.75) is 0 Å². The minimum absolute atomic E-state index is 0.0590. The van der Waals surface area contributed by atoms with Crippen LogP contribution in [-0.2, 0) is 0 Å². The average Bonchev–Trinajstić information content (AvgIpc) is 2.07. The average molecular weight is 322 g/mol. The van der Waals surface area contributed by atoms with Gasteiger partial charge in [-0.3, -0.25) is 0 Å². The van der Waals surface area contributed by atoms with E-state index in [0.717, 1.165) is 0 Å². The van der Waals surface area contributed by atoms with Gasteiger partial charge in [0.2, 0.25) is 0 Å². The van der Waals surface area contributed by atoms with E-state index in [4.69, 9.17) is 10.2 Å². The molecular formula is C8H4O4Se2. The van der Waals surface area contributed by atoms with Crippen molar-refractivity contribution in [3.63, 3.8) is 0 Å². The van der Waals surface area contributed by atoms with E-state index in [0.29, 0.717) is 8.92 Å². The van der Waals surface area contributed by atoms with Crippen molar-refractivity contribution in [2.75, 3.05) is 0 Å². The van der Waals surface area contributed by atoms with Crippen LogP contribution in [0.15, 0.2) is 12.1 Å².